The summed E-state index contributed by atoms with van der Waals surface area (Å²) in [6.45, 7) is 4.39. The van der Waals surface area contributed by atoms with Crippen LogP contribution in [0.2, 0.25) is 0 Å². The summed E-state index contributed by atoms with van der Waals surface area (Å²) in [5.41, 5.74) is 10.2. The van der Waals surface area contributed by atoms with Crippen LogP contribution in [0.25, 0.3) is 11.1 Å². The van der Waals surface area contributed by atoms with Gasteiger partial charge in [0.1, 0.15) is 19.3 Å². The summed E-state index contributed by atoms with van der Waals surface area (Å²) in [5.74, 6) is -0.499. The Morgan fingerprint density at radius 1 is 1.06 bits per heavy atom. The van der Waals surface area contributed by atoms with E-state index in [9.17, 15) is 9.59 Å². The van der Waals surface area contributed by atoms with Crippen LogP contribution in [-0.4, -0.2) is 49.8 Å². The predicted octanol–water partition coefficient (Wildman–Crippen LogP) is 4.52. The molecule has 1 atom stereocenters. The van der Waals surface area contributed by atoms with Crippen LogP contribution < -0.4 is 5.73 Å². The maximum absolute atomic E-state index is 12.8. The van der Waals surface area contributed by atoms with Crippen molar-refractivity contribution in [3.63, 3.8) is 0 Å². The third-order valence-electron chi connectivity index (χ3n) is 5.64. The number of unbranched alkanes of at least 4 members (excludes halogenated alkanes) is 1. The monoisotopic (exact) mass is 458 g/mol. The zero-order valence-corrected chi connectivity index (χ0v) is 19.2. The molecule has 0 aromatic heterocycles. The second-order valence-corrected chi connectivity index (χ2v) is 7.63. The summed E-state index contributed by atoms with van der Waals surface area (Å²) in [7, 11) is 1.57. The second-order valence-electron chi connectivity index (χ2n) is 7.63. The number of fused-ring (bicyclic) bond motifs is 3. The van der Waals surface area contributed by atoms with E-state index in [-0.39, 0.29) is 31.5 Å². The number of nitrogens with zero attached hydrogens (tertiary/aromatic N) is 1. The lowest BCUT2D eigenvalue weighted by Gasteiger charge is -2.26. The van der Waals surface area contributed by atoms with Crippen molar-refractivity contribution in [1.29, 1.82) is 0 Å². The molecule has 172 valence electrons. The van der Waals surface area contributed by atoms with Gasteiger partial charge in [-0.15, -0.1) is 12.4 Å². The summed E-state index contributed by atoms with van der Waals surface area (Å²) in [6, 6.07) is 15.6. The Hall–Kier alpha value is -2.83. The van der Waals surface area contributed by atoms with Gasteiger partial charge in [-0.25, -0.2) is 9.59 Å². The third kappa shape index (κ3) is 5.69. The van der Waals surface area contributed by atoms with E-state index in [0.717, 1.165) is 17.5 Å². The number of halogens is 1. The van der Waals surface area contributed by atoms with Crippen LogP contribution in [0.5, 0.6) is 0 Å². The molecule has 1 aliphatic rings. The number of ether oxygens (including phenoxy) is 2. The summed E-state index contributed by atoms with van der Waals surface area (Å²) in [6.07, 6.45) is 2.90. The molecule has 2 N–H and O–H groups in total. The molecule has 7 heteroatoms. The highest BCUT2D eigenvalue weighted by Crippen LogP contribution is 2.44. The zero-order valence-electron chi connectivity index (χ0n) is 18.4. The predicted molar refractivity (Wildman–Crippen MR) is 128 cm³/mol. The van der Waals surface area contributed by atoms with E-state index in [1.165, 1.54) is 22.1 Å². The number of carbonyl (C=O) groups is 2. The molecule has 0 saturated heterocycles. The van der Waals surface area contributed by atoms with E-state index in [1.54, 1.807) is 7.05 Å². The fraction of sp³-hybridized carbons (Fsp3) is 0.360. The van der Waals surface area contributed by atoms with Crippen LogP contribution in [0.4, 0.5) is 4.79 Å². The smallest absolute Gasteiger partial charge is 0.410 e. The third-order valence-corrected chi connectivity index (χ3v) is 5.64. The molecule has 1 amide bonds. The van der Waals surface area contributed by atoms with Gasteiger partial charge in [-0.1, -0.05) is 61.2 Å². The van der Waals surface area contributed by atoms with E-state index >= 15 is 0 Å². The summed E-state index contributed by atoms with van der Waals surface area (Å²) < 4.78 is 10.9. The maximum atomic E-state index is 12.8. The van der Waals surface area contributed by atoms with Gasteiger partial charge in [0.2, 0.25) is 0 Å². The van der Waals surface area contributed by atoms with Gasteiger partial charge in [0, 0.05) is 13.0 Å². The van der Waals surface area contributed by atoms with Crippen molar-refractivity contribution in [3.8, 4) is 11.1 Å². The lowest BCUT2D eigenvalue weighted by atomic mass is 9.98. The first kappa shape index (κ1) is 25.4. The van der Waals surface area contributed by atoms with Gasteiger partial charge in [0.05, 0.1) is 0 Å². The number of likely N-dealkylation sites (N-methyl/N-ethyl adjacent to an activating group) is 1. The van der Waals surface area contributed by atoms with Crippen molar-refractivity contribution in [2.24, 2.45) is 5.73 Å². The zero-order chi connectivity index (χ0) is 22.2. The minimum atomic E-state index is -0.720. The topological polar surface area (TPSA) is 81.9 Å². The molecule has 0 radical (unpaired) electrons. The number of hydrogen-bond acceptors (Lipinski definition) is 5. The Bertz CT molecular complexity index is 888. The van der Waals surface area contributed by atoms with Crippen LogP contribution in [0.1, 0.15) is 36.3 Å². The van der Waals surface area contributed by atoms with Gasteiger partial charge in [0.15, 0.2) is 0 Å². The first-order chi connectivity index (χ1) is 15.1. The van der Waals surface area contributed by atoms with Gasteiger partial charge < -0.3 is 15.2 Å². The maximum Gasteiger partial charge on any atom is 0.410 e. The van der Waals surface area contributed by atoms with Crippen molar-refractivity contribution in [2.45, 2.75) is 31.2 Å². The first-order valence-electron chi connectivity index (χ1n) is 10.6. The van der Waals surface area contributed by atoms with Crippen molar-refractivity contribution >= 4 is 24.5 Å². The van der Waals surface area contributed by atoms with E-state index < -0.39 is 18.1 Å². The molecule has 0 bridgehead atoms. The van der Waals surface area contributed by atoms with Crippen LogP contribution in [0.3, 0.4) is 0 Å². The highest BCUT2D eigenvalue weighted by molar-refractivity contribution is 5.85. The molecule has 3 rings (SSSR count). The minimum Gasteiger partial charge on any atom is -0.460 e. The van der Waals surface area contributed by atoms with Crippen LogP contribution in [0.15, 0.2) is 61.2 Å². The van der Waals surface area contributed by atoms with Gasteiger partial charge >= 0.3 is 12.1 Å². The van der Waals surface area contributed by atoms with Gasteiger partial charge in [-0.05, 0) is 48.1 Å². The molecule has 0 fully saturated rings. The number of rotatable bonds is 10. The average Bonchev–Trinajstić information content (AvgIpc) is 3.12. The van der Waals surface area contributed by atoms with Crippen LogP contribution in [-0.2, 0) is 14.3 Å². The van der Waals surface area contributed by atoms with Gasteiger partial charge in [0.25, 0.3) is 0 Å². The molecule has 32 heavy (non-hydrogen) atoms. The van der Waals surface area contributed by atoms with E-state index in [4.69, 9.17) is 15.2 Å². The Balaban J connectivity index is 0.00000363. The van der Waals surface area contributed by atoms with Crippen molar-refractivity contribution in [3.05, 3.63) is 72.3 Å². The van der Waals surface area contributed by atoms with Gasteiger partial charge in [-0.3, -0.25) is 4.90 Å². The fourth-order valence-corrected chi connectivity index (χ4v) is 4.01. The van der Waals surface area contributed by atoms with Crippen LogP contribution in [0, 0.1) is 0 Å². The average molecular weight is 459 g/mol. The Morgan fingerprint density at radius 2 is 1.66 bits per heavy atom. The Morgan fingerprint density at radius 3 is 2.22 bits per heavy atom. The molecule has 2 aromatic rings. The molecule has 6 nitrogen and oxygen atoms in total. The number of carbonyl (C=O) groups excluding carboxylic acids is 2. The largest absolute Gasteiger partial charge is 0.460 e. The summed E-state index contributed by atoms with van der Waals surface area (Å²) in [5, 5.41) is 0. The summed E-state index contributed by atoms with van der Waals surface area (Å²) in [4.78, 5) is 26.6. The number of esters is 1. The number of amides is 1. The highest BCUT2D eigenvalue weighted by Gasteiger charge is 2.32. The van der Waals surface area contributed by atoms with Crippen LogP contribution >= 0.6 is 12.4 Å². The minimum absolute atomic E-state index is 0. The van der Waals surface area contributed by atoms with Crippen molar-refractivity contribution < 1.29 is 19.1 Å². The standard InChI is InChI=1S/C25H30N2O4.ClH/c1-3-16-30-24(28)23(14-8-9-15-26)27(2)25(29)31-17-22-20-12-6-4-10-18(20)19-11-5-7-13-21(19)22;/h3-7,10-13,22-23H,1,8-9,14-17,26H2,2H3;1H. The molecule has 1 aliphatic carbocycles. The second kappa shape index (κ2) is 12.3. The molecule has 0 aliphatic heterocycles. The molecular weight excluding hydrogens is 428 g/mol. The van der Waals surface area contributed by atoms with E-state index in [0.29, 0.717) is 19.4 Å². The van der Waals surface area contributed by atoms with E-state index in [1.807, 2.05) is 24.3 Å². The number of hydrogen-bond donors (Lipinski definition) is 1. The molecule has 1 unspecified atom stereocenters. The molecular formula is C25H31ClN2O4. The highest BCUT2D eigenvalue weighted by atomic mass is 35.5. The van der Waals surface area contributed by atoms with Crippen molar-refractivity contribution in [1.82, 2.24) is 4.90 Å². The number of benzene rings is 2. The Labute approximate surface area is 195 Å². The summed E-state index contributed by atoms with van der Waals surface area (Å²) >= 11 is 0. The van der Waals surface area contributed by atoms with Crippen molar-refractivity contribution in [2.75, 3.05) is 26.8 Å². The Kier molecular flexibility index (Phi) is 9.75. The SMILES string of the molecule is C=CCOC(=O)C(CCCCN)N(C)C(=O)OCC1c2ccccc2-c2ccccc21.Cl. The molecule has 0 heterocycles. The molecule has 0 saturated carbocycles. The normalized spacial score (nSPS) is 12.7. The quantitative estimate of drug-likeness (QED) is 0.321. The molecule has 2 aromatic carbocycles. The fourth-order valence-electron chi connectivity index (χ4n) is 4.01. The lowest BCUT2D eigenvalue weighted by molar-refractivity contribution is -0.148. The van der Waals surface area contributed by atoms with Gasteiger partial charge in [-0.2, -0.15) is 0 Å². The van der Waals surface area contributed by atoms with E-state index in [2.05, 4.69) is 30.8 Å². The first-order valence-corrected chi connectivity index (χ1v) is 10.6. The number of nitrogens with two attached hydrogens (primary N) is 1. The lowest BCUT2D eigenvalue weighted by Crippen LogP contribution is -2.44. The molecule has 0 spiro atoms.